The van der Waals surface area contributed by atoms with Crippen molar-refractivity contribution in [3.8, 4) is 0 Å². The van der Waals surface area contributed by atoms with Gasteiger partial charge in [-0.25, -0.2) is 4.98 Å². The zero-order chi connectivity index (χ0) is 23.2. The van der Waals surface area contributed by atoms with Crippen LogP contribution in [0.3, 0.4) is 0 Å². The molecule has 3 aromatic rings. The Balaban J connectivity index is 1.74. The van der Waals surface area contributed by atoms with E-state index in [-0.39, 0.29) is 18.0 Å². The minimum Gasteiger partial charge on any atom is -0.324 e. The van der Waals surface area contributed by atoms with Crippen molar-refractivity contribution in [1.82, 2.24) is 14.5 Å². The van der Waals surface area contributed by atoms with Gasteiger partial charge in [0.05, 0.1) is 11.9 Å². The highest BCUT2D eigenvalue weighted by atomic mass is 32.1. The van der Waals surface area contributed by atoms with Crippen LogP contribution >= 0.6 is 11.3 Å². The molecule has 2 aromatic heterocycles. The average molecular weight is 453 g/mol. The standard InChI is InChI=1S/C25H32N4O2S/c1-14-7-8-18-19(11-14)32-24-22(18)25(31)29(20(26-24)12-28(5)6)13-21(30)27-23-16(3)9-15(2)10-17(23)4/h9-10,14H,7-8,11-13H2,1-6H3,(H,27,30). The molecule has 1 aromatic carbocycles. The van der Waals surface area contributed by atoms with E-state index in [2.05, 4.69) is 24.4 Å². The van der Waals surface area contributed by atoms with Crippen LogP contribution in [0.4, 0.5) is 5.69 Å². The minimum atomic E-state index is -0.207. The maximum absolute atomic E-state index is 13.6. The number of hydrogen-bond acceptors (Lipinski definition) is 5. The molecule has 1 aliphatic rings. The van der Waals surface area contributed by atoms with Crippen LogP contribution < -0.4 is 10.9 Å². The summed E-state index contributed by atoms with van der Waals surface area (Å²) in [5.74, 6) is 1.05. The Kier molecular flexibility index (Phi) is 6.23. The number of aryl methyl sites for hydroxylation is 4. The van der Waals surface area contributed by atoms with Gasteiger partial charge in [0.15, 0.2) is 0 Å². The smallest absolute Gasteiger partial charge is 0.263 e. The van der Waals surface area contributed by atoms with Crippen LogP contribution in [0.2, 0.25) is 0 Å². The van der Waals surface area contributed by atoms with Gasteiger partial charge in [0.2, 0.25) is 5.91 Å². The van der Waals surface area contributed by atoms with Crippen molar-refractivity contribution in [2.75, 3.05) is 19.4 Å². The van der Waals surface area contributed by atoms with E-state index in [0.29, 0.717) is 18.3 Å². The molecule has 0 radical (unpaired) electrons. The summed E-state index contributed by atoms with van der Waals surface area (Å²) < 4.78 is 1.57. The Hall–Kier alpha value is -2.51. The lowest BCUT2D eigenvalue weighted by Gasteiger charge is -2.18. The van der Waals surface area contributed by atoms with Gasteiger partial charge in [-0.15, -0.1) is 11.3 Å². The molecule has 1 atom stereocenters. The van der Waals surface area contributed by atoms with E-state index in [9.17, 15) is 9.59 Å². The third kappa shape index (κ3) is 4.36. The summed E-state index contributed by atoms with van der Waals surface area (Å²) in [6.45, 7) is 8.74. The molecule has 0 bridgehead atoms. The fraction of sp³-hybridized carbons (Fsp3) is 0.480. The number of carbonyl (C=O) groups excluding carboxylic acids is 1. The second kappa shape index (κ2) is 8.79. The fourth-order valence-corrected chi connectivity index (χ4v) is 6.12. The van der Waals surface area contributed by atoms with Gasteiger partial charge in [-0.3, -0.25) is 14.2 Å². The molecule has 1 aliphatic carbocycles. The zero-order valence-electron chi connectivity index (χ0n) is 19.8. The summed E-state index contributed by atoms with van der Waals surface area (Å²) in [4.78, 5) is 35.6. The molecule has 1 amide bonds. The summed E-state index contributed by atoms with van der Waals surface area (Å²) in [7, 11) is 3.89. The second-order valence-corrected chi connectivity index (χ2v) is 10.6. The van der Waals surface area contributed by atoms with E-state index < -0.39 is 0 Å². The number of aromatic nitrogens is 2. The molecular weight excluding hydrogens is 420 g/mol. The summed E-state index contributed by atoms with van der Waals surface area (Å²) >= 11 is 1.65. The van der Waals surface area contributed by atoms with Crippen molar-refractivity contribution in [2.24, 2.45) is 5.92 Å². The van der Waals surface area contributed by atoms with Crippen molar-refractivity contribution >= 4 is 33.1 Å². The van der Waals surface area contributed by atoms with E-state index in [4.69, 9.17) is 4.98 Å². The number of rotatable bonds is 5. The highest BCUT2D eigenvalue weighted by Gasteiger charge is 2.25. The number of nitrogens with one attached hydrogen (secondary N) is 1. The predicted octanol–water partition coefficient (Wildman–Crippen LogP) is 4.21. The number of fused-ring (bicyclic) bond motifs is 3. The molecule has 0 spiro atoms. The lowest BCUT2D eigenvalue weighted by molar-refractivity contribution is -0.116. The van der Waals surface area contributed by atoms with Gasteiger partial charge < -0.3 is 10.2 Å². The van der Waals surface area contributed by atoms with Gasteiger partial charge in [0, 0.05) is 10.6 Å². The van der Waals surface area contributed by atoms with Gasteiger partial charge in [-0.1, -0.05) is 24.6 Å². The molecule has 0 saturated heterocycles. The number of anilines is 1. The lowest BCUT2D eigenvalue weighted by atomic mass is 9.89. The highest BCUT2D eigenvalue weighted by molar-refractivity contribution is 7.18. The Labute approximate surface area is 193 Å². The Morgan fingerprint density at radius 1 is 1.25 bits per heavy atom. The number of benzene rings is 1. The molecule has 7 heteroatoms. The van der Waals surface area contributed by atoms with Crippen molar-refractivity contribution in [2.45, 2.75) is 60.0 Å². The molecule has 170 valence electrons. The van der Waals surface area contributed by atoms with Crippen LogP contribution in [0.15, 0.2) is 16.9 Å². The molecule has 6 nitrogen and oxygen atoms in total. The van der Waals surface area contributed by atoms with Crippen molar-refractivity contribution in [1.29, 1.82) is 0 Å². The van der Waals surface area contributed by atoms with Gasteiger partial charge in [0.1, 0.15) is 17.2 Å². The molecule has 4 rings (SSSR count). The number of thiophene rings is 1. The summed E-state index contributed by atoms with van der Waals surface area (Å²) in [6.07, 6.45) is 3.00. The zero-order valence-corrected chi connectivity index (χ0v) is 20.7. The molecule has 1 unspecified atom stereocenters. The summed E-state index contributed by atoms with van der Waals surface area (Å²) in [5.41, 5.74) is 5.08. The number of nitrogens with zero attached hydrogens (tertiary/aromatic N) is 3. The topological polar surface area (TPSA) is 67.2 Å². The van der Waals surface area contributed by atoms with Crippen molar-refractivity contribution in [3.63, 3.8) is 0 Å². The molecule has 32 heavy (non-hydrogen) atoms. The van der Waals surface area contributed by atoms with Crippen molar-refractivity contribution < 1.29 is 4.79 Å². The monoisotopic (exact) mass is 452 g/mol. The molecular formula is C25H32N4O2S. The molecule has 0 saturated carbocycles. The molecule has 1 N–H and O–H groups in total. The van der Waals surface area contributed by atoms with Crippen molar-refractivity contribution in [3.05, 3.63) is 55.4 Å². The number of carbonyl (C=O) groups is 1. The first-order valence-corrected chi connectivity index (χ1v) is 12.0. The maximum atomic E-state index is 13.6. The van der Waals surface area contributed by atoms with E-state index in [0.717, 1.165) is 57.4 Å². The van der Waals surface area contributed by atoms with Crippen LogP contribution in [0.1, 0.15) is 46.3 Å². The minimum absolute atomic E-state index is 0.0429. The number of amides is 1. The van der Waals surface area contributed by atoms with Crippen LogP contribution in [0.5, 0.6) is 0 Å². The SMILES string of the molecule is Cc1cc(C)c(NC(=O)Cn2c(CN(C)C)nc3sc4c(c3c2=O)CCC(C)C4)c(C)c1. The van der Waals surface area contributed by atoms with Gasteiger partial charge in [-0.05, 0) is 76.7 Å². The van der Waals surface area contributed by atoms with Crippen LogP contribution in [0, 0.1) is 26.7 Å². The van der Waals surface area contributed by atoms with Crippen LogP contribution in [-0.2, 0) is 30.7 Å². The molecule has 0 aliphatic heterocycles. The third-order valence-corrected chi connectivity index (χ3v) is 7.34. The first kappa shape index (κ1) is 22.7. The predicted molar refractivity (Wildman–Crippen MR) is 132 cm³/mol. The van der Waals surface area contributed by atoms with Crippen LogP contribution in [-0.4, -0.2) is 34.5 Å². The summed E-state index contributed by atoms with van der Waals surface area (Å²) in [6, 6.07) is 4.11. The molecule has 0 fully saturated rings. The average Bonchev–Trinajstić information content (AvgIpc) is 3.04. The molecule has 2 heterocycles. The van der Waals surface area contributed by atoms with Crippen LogP contribution in [0.25, 0.3) is 10.2 Å². The Bertz CT molecular complexity index is 1230. The normalized spacial score (nSPS) is 15.9. The van der Waals surface area contributed by atoms with E-state index in [1.807, 2.05) is 39.8 Å². The highest BCUT2D eigenvalue weighted by Crippen LogP contribution is 2.36. The third-order valence-electron chi connectivity index (χ3n) is 6.20. The first-order valence-electron chi connectivity index (χ1n) is 11.2. The second-order valence-electron chi connectivity index (χ2n) is 9.51. The first-order chi connectivity index (χ1) is 15.1. The largest absolute Gasteiger partial charge is 0.324 e. The maximum Gasteiger partial charge on any atom is 0.263 e. The van der Waals surface area contributed by atoms with Gasteiger partial charge in [-0.2, -0.15) is 0 Å². The van der Waals surface area contributed by atoms with E-state index in [1.54, 1.807) is 15.9 Å². The lowest BCUT2D eigenvalue weighted by Crippen LogP contribution is -2.33. The summed E-state index contributed by atoms with van der Waals surface area (Å²) in [5, 5.41) is 3.75. The number of hydrogen-bond donors (Lipinski definition) is 1. The Morgan fingerprint density at radius 3 is 2.59 bits per heavy atom. The van der Waals surface area contributed by atoms with E-state index in [1.165, 1.54) is 4.88 Å². The van der Waals surface area contributed by atoms with Gasteiger partial charge in [0.25, 0.3) is 5.56 Å². The Morgan fingerprint density at radius 2 is 1.94 bits per heavy atom. The fourth-order valence-electron chi connectivity index (χ4n) is 4.73. The quantitative estimate of drug-likeness (QED) is 0.630. The van der Waals surface area contributed by atoms with Gasteiger partial charge >= 0.3 is 0 Å². The van der Waals surface area contributed by atoms with E-state index >= 15 is 0 Å².